The lowest BCUT2D eigenvalue weighted by molar-refractivity contribution is -0.117. The van der Waals surface area contributed by atoms with Gasteiger partial charge in [-0.3, -0.25) is 9.59 Å². The highest BCUT2D eigenvalue weighted by Gasteiger charge is 2.20. The molecule has 0 spiro atoms. The molecule has 3 N–H and O–H groups in total. The van der Waals surface area contributed by atoms with Gasteiger partial charge in [-0.1, -0.05) is 65.2 Å². The molecule has 5 heteroatoms. The van der Waals surface area contributed by atoms with Crippen molar-refractivity contribution in [1.82, 2.24) is 0 Å². The van der Waals surface area contributed by atoms with E-state index in [1.807, 2.05) is 20.8 Å². The number of amides is 2. The van der Waals surface area contributed by atoms with Crippen LogP contribution in [-0.4, -0.2) is 16.9 Å². The summed E-state index contributed by atoms with van der Waals surface area (Å²) in [6.07, 6.45) is 11.8. The molecule has 0 unspecified atom stereocenters. The molecule has 2 amide bonds. The number of carbonyl (C=O) groups excluding carboxylic acids is 2. The van der Waals surface area contributed by atoms with Crippen LogP contribution < -0.4 is 10.6 Å². The molecule has 0 heterocycles. The van der Waals surface area contributed by atoms with Gasteiger partial charge in [-0.2, -0.15) is 0 Å². The molecule has 1 rings (SSSR count). The highest BCUT2D eigenvalue weighted by Crippen LogP contribution is 2.39. The predicted molar refractivity (Wildman–Crippen MR) is 126 cm³/mol. The number of nitrogens with one attached hydrogen (secondary N) is 2. The number of phenolic OH excluding ortho intramolecular Hbond substituents is 1. The Balaban J connectivity index is 2.79. The normalized spacial score (nSPS) is 10.8. The number of hydrogen-bond acceptors (Lipinski definition) is 3. The highest BCUT2D eigenvalue weighted by molar-refractivity contribution is 5.98. The molecule has 5 nitrogen and oxygen atoms in total. The first-order valence-electron chi connectivity index (χ1n) is 11.8. The molecule has 30 heavy (non-hydrogen) atoms. The molecule has 0 aromatic heterocycles. The maximum absolute atomic E-state index is 12.4. The predicted octanol–water partition coefficient (Wildman–Crippen LogP) is 6.92. The van der Waals surface area contributed by atoms with E-state index < -0.39 is 0 Å². The molecule has 0 atom stereocenters. The van der Waals surface area contributed by atoms with Crippen LogP contribution in [0.2, 0.25) is 0 Å². The molecule has 0 bridgehead atoms. The first kappa shape index (κ1) is 26.0. The van der Waals surface area contributed by atoms with Gasteiger partial charge in [-0.25, -0.2) is 0 Å². The van der Waals surface area contributed by atoms with Crippen LogP contribution in [0.3, 0.4) is 0 Å². The van der Waals surface area contributed by atoms with E-state index in [-0.39, 0.29) is 17.6 Å². The largest absolute Gasteiger partial charge is 0.505 e. The molecular formula is C25H42N2O3. The molecule has 0 aliphatic carbocycles. The van der Waals surface area contributed by atoms with Crippen LogP contribution >= 0.6 is 0 Å². The van der Waals surface area contributed by atoms with Crippen molar-refractivity contribution in [2.45, 2.75) is 112 Å². The standard InChI is InChI=1S/C25H42N2O3/c1-6-8-10-12-14-16-21(28)26-23-18(3)19(4)25(30)24(20(23)5)27-22(29)17-15-13-11-9-7-2/h30H,6-17H2,1-5H3,(H,26,28)(H,27,29). The number of benzene rings is 1. The lowest BCUT2D eigenvalue weighted by Crippen LogP contribution is -2.17. The Morgan fingerprint density at radius 2 is 1.07 bits per heavy atom. The first-order chi connectivity index (χ1) is 14.3. The third-order valence-corrected chi connectivity index (χ3v) is 5.82. The van der Waals surface area contributed by atoms with Gasteiger partial charge < -0.3 is 15.7 Å². The maximum atomic E-state index is 12.4. The van der Waals surface area contributed by atoms with E-state index in [9.17, 15) is 14.7 Å². The van der Waals surface area contributed by atoms with Gasteiger partial charge in [0, 0.05) is 24.1 Å². The summed E-state index contributed by atoms with van der Waals surface area (Å²) < 4.78 is 0. The van der Waals surface area contributed by atoms with Crippen molar-refractivity contribution >= 4 is 23.2 Å². The molecule has 1 aromatic carbocycles. The number of phenols is 1. The van der Waals surface area contributed by atoms with Gasteiger partial charge in [0.2, 0.25) is 11.8 Å². The fourth-order valence-electron chi connectivity index (χ4n) is 3.66. The number of anilines is 2. The summed E-state index contributed by atoms with van der Waals surface area (Å²) in [5, 5.41) is 16.5. The van der Waals surface area contributed by atoms with Crippen molar-refractivity contribution in [3.63, 3.8) is 0 Å². The summed E-state index contributed by atoms with van der Waals surface area (Å²) in [7, 11) is 0. The Hall–Kier alpha value is -2.04. The van der Waals surface area contributed by atoms with Crippen molar-refractivity contribution in [2.24, 2.45) is 0 Å². The van der Waals surface area contributed by atoms with Crippen molar-refractivity contribution in [2.75, 3.05) is 10.6 Å². The second-order valence-corrected chi connectivity index (χ2v) is 8.40. The SMILES string of the molecule is CCCCCCCC(=O)Nc1c(C)c(C)c(O)c(NC(=O)CCCCCCC)c1C. The number of rotatable bonds is 14. The van der Waals surface area contributed by atoms with Crippen LogP contribution in [0.25, 0.3) is 0 Å². The average molecular weight is 419 g/mol. The molecule has 0 fully saturated rings. The fraction of sp³-hybridized carbons (Fsp3) is 0.680. The smallest absolute Gasteiger partial charge is 0.224 e. The summed E-state index contributed by atoms with van der Waals surface area (Å²) >= 11 is 0. The van der Waals surface area contributed by atoms with Crippen LogP contribution in [0.1, 0.15) is 108 Å². The Morgan fingerprint density at radius 3 is 1.53 bits per heavy atom. The maximum Gasteiger partial charge on any atom is 0.224 e. The molecular weight excluding hydrogens is 376 g/mol. The minimum atomic E-state index is -0.0960. The lowest BCUT2D eigenvalue weighted by atomic mass is 9.99. The van der Waals surface area contributed by atoms with Crippen molar-refractivity contribution in [1.29, 1.82) is 0 Å². The number of carbonyl (C=O) groups is 2. The van der Waals surface area contributed by atoms with Crippen molar-refractivity contribution in [3.05, 3.63) is 16.7 Å². The second-order valence-electron chi connectivity index (χ2n) is 8.40. The van der Waals surface area contributed by atoms with E-state index in [0.29, 0.717) is 35.3 Å². The molecule has 170 valence electrons. The minimum absolute atomic E-state index is 0.0176. The topological polar surface area (TPSA) is 78.4 Å². The van der Waals surface area contributed by atoms with E-state index in [2.05, 4.69) is 24.5 Å². The summed E-state index contributed by atoms with van der Waals surface area (Å²) in [4.78, 5) is 24.8. The Morgan fingerprint density at radius 1 is 0.633 bits per heavy atom. The van der Waals surface area contributed by atoms with E-state index in [0.717, 1.165) is 44.1 Å². The lowest BCUT2D eigenvalue weighted by Gasteiger charge is -2.20. The monoisotopic (exact) mass is 418 g/mol. The average Bonchev–Trinajstić information content (AvgIpc) is 2.72. The molecule has 1 aromatic rings. The fourth-order valence-corrected chi connectivity index (χ4v) is 3.66. The molecule has 0 aliphatic rings. The van der Waals surface area contributed by atoms with E-state index >= 15 is 0 Å². The zero-order valence-electron chi connectivity index (χ0n) is 19.7. The quantitative estimate of drug-likeness (QED) is 0.174. The van der Waals surface area contributed by atoms with Gasteiger partial charge in [0.1, 0.15) is 5.75 Å². The molecule has 0 aliphatic heterocycles. The van der Waals surface area contributed by atoms with Crippen LogP contribution in [0.15, 0.2) is 0 Å². The number of unbranched alkanes of at least 4 members (excludes halogenated alkanes) is 8. The first-order valence-corrected chi connectivity index (χ1v) is 11.8. The van der Waals surface area contributed by atoms with E-state index in [1.54, 1.807) is 0 Å². The van der Waals surface area contributed by atoms with Gasteiger partial charge in [0.05, 0.1) is 5.69 Å². The summed E-state index contributed by atoms with van der Waals surface area (Å²) in [5.74, 6) is -0.0285. The summed E-state index contributed by atoms with van der Waals surface area (Å²) in [6.45, 7) is 9.87. The molecule has 0 radical (unpaired) electrons. The van der Waals surface area contributed by atoms with Crippen molar-refractivity contribution in [3.8, 4) is 5.75 Å². The number of aromatic hydroxyl groups is 1. The number of hydrogen-bond donors (Lipinski definition) is 3. The van der Waals surface area contributed by atoms with Crippen molar-refractivity contribution < 1.29 is 14.7 Å². The third-order valence-electron chi connectivity index (χ3n) is 5.82. The summed E-state index contributed by atoms with van der Waals surface area (Å²) in [6, 6.07) is 0. The zero-order chi connectivity index (χ0) is 22.5. The Kier molecular flexibility index (Phi) is 12.2. The van der Waals surface area contributed by atoms with Crippen LogP contribution in [0, 0.1) is 20.8 Å². The van der Waals surface area contributed by atoms with Crippen LogP contribution in [-0.2, 0) is 9.59 Å². The zero-order valence-corrected chi connectivity index (χ0v) is 19.7. The second kappa shape index (κ2) is 14.1. The minimum Gasteiger partial charge on any atom is -0.505 e. The van der Waals surface area contributed by atoms with Gasteiger partial charge in [0.25, 0.3) is 0 Å². The van der Waals surface area contributed by atoms with Crippen LogP contribution in [0.5, 0.6) is 5.75 Å². The highest BCUT2D eigenvalue weighted by atomic mass is 16.3. The Bertz CT molecular complexity index is 643. The third kappa shape index (κ3) is 8.37. The van der Waals surface area contributed by atoms with Gasteiger partial charge in [0.15, 0.2) is 0 Å². The van der Waals surface area contributed by atoms with E-state index in [4.69, 9.17) is 0 Å². The molecule has 0 saturated carbocycles. The van der Waals surface area contributed by atoms with E-state index in [1.165, 1.54) is 25.7 Å². The van der Waals surface area contributed by atoms with Crippen LogP contribution in [0.4, 0.5) is 11.4 Å². The van der Waals surface area contributed by atoms with Gasteiger partial charge in [-0.05, 0) is 44.7 Å². The van der Waals surface area contributed by atoms with Gasteiger partial charge in [-0.15, -0.1) is 0 Å². The Labute approximate surface area is 183 Å². The summed E-state index contributed by atoms with van der Waals surface area (Å²) in [5.41, 5.74) is 3.32. The molecule has 0 saturated heterocycles. The van der Waals surface area contributed by atoms with Gasteiger partial charge >= 0.3 is 0 Å².